The summed E-state index contributed by atoms with van der Waals surface area (Å²) in [7, 11) is 0. The van der Waals surface area contributed by atoms with Crippen LogP contribution >= 0.6 is 0 Å². The molecule has 10 heavy (non-hydrogen) atoms. The van der Waals surface area contributed by atoms with E-state index in [1.54, 1.807) is 0 Å². The Morgan fingerprint density at radius 2 is 0.300 bits per heavy atom. The van der Waals surface area contributed by atoms with Gasteiger partial charge in [0.25, 0.3) is 0 Å². The second-order valence-electron chi connectivity index (χ2n) is 0. The van der Waals surface area contributed by atoms with Gasteiger partial charge >= 0.3 is 19.5 Å². The van der Waals surface area contributed by atoms with E-state index in [0.29, 0.717) is 0 Å². The van der Waals surface area contributed by atoms with Crippen LogP contribution in [0, 0.1) is 0 Å². The van der Waals surface area contributed by atoms with E-state index in [2.05, 4.69) is 0 Å². The maximum absolute atomic E-state index is 0. The maximum atomic E-state index is 0. The third-order valence-corrected chi connectivity index (χ3v) is 0. The Bertz CT molecular complexity index is 13.0. The number of hydrogen-bond acceptors (Lipinski definition) is 0. The minimum atomic E-state index is 0. The molecule has 0 unspecified atom stereocenters. The van der Waals surface area contributed by atoms with Crippen LogP contribution in [-0.2, 0) is 19.5 Å². The van der Waals surface area contributed by atoms with Crippen LogP contribution in [0.4, 0.5) is 0 Å². The van der Waals surface area contributed by atoms with Crippen molar-refractivity contribution in [2.75, 3.05) is 0 Å². The Labute approximate surface area is 93.5 Å². The van der Waals surface area contributed by atoms with Gasteiger partial charge in [0.15, 0.2) is 0 Å². The van der Waals surface area contributed by atoms with Crippen molar-refractivity contribution in [3.63, 3.8) is 0 Å². The molecule has 0 atom stereocenters. The maximum Gasteiger partial charge on any atom is 3.00 e. The summed E-state index contributed by atoms with van der Waals surface area (Å²) in [4.78, 5) is 0. The van der Waals surface area contributed by atoms with Gasteiger partial charge in [0.05, 0.1) is 0 Å². The second-order valence-corrected chi connectivity index (χ2v) is 0. The monoisotopic (exact) mass is 303 g/mol. The fourth-order valence-electron chi connectivity index (χ4n) is 0. The average molecular weight is 304 g/mol. The number of rotatable bonds is 0. The first-order chi connectivity index (χ1) is 0. The van der Waals surface area contributed by atoms with Gasteiger partial charge in [-0.1, -0.05) is 0 Å². The van der Waals surface area contributed by atoms with Crippen molar-refractivity contribution in [1.82, 2.24) is 0 Å². The first kappa shape index (κ1) is 753. The van der Waals surface area contributed by atoms with Crippen LogP contribution < -0.4 is 37.2 Å². The molecule has 0 aromatic carbocycles. The molecule has 77 valence electrons. The summed E-state index contributed by atoms with van der Waals surface area (Å²) < 4.78 is 0. The van der Waals surface area contributed by atoms with E-state index < -0.39 is 0 Å². The molecule has 0 heterocycles. The van der Waals surface area contributed by atoms with Gasteiger partial charge < -0.3 is 74.1 Å². The molecule has 0 saturated heterocycles. The Balaban J connectivity index is 0. The molecule has 0 fully saturated rings. The van der Waals surface area contributed by atoms with Gasteiger partial charge in [0.1, 0.15) is 0 Å². The quantitative estimate of drug-likeness (QED) is 0.387. The van der Waals surface area contributed by atoms with Gasteiger partial charge in [0, 0.05) is 0 Å². The van der Waals surface area contributed by atoms with Crippen molar-refractivity contribution in [3.8, 4) is 0 Å². The van der Waals surface area contributed by atoms with E-state index in [-0.39, 0.29) is 93.6 Å². The molecule has 0 rings (SSSR count). The van der Waals surface area contributed by atoms with Gasteiger partial charge in [-0.2, -0.15) is 0 Å². The van der Waals surface area contributed by atoms with Crippen molar-refractivity contribution in [2.24, 2.45) is 0 Å². The predicted molar refractivity (Wildman–Crippen MR) is 31.7 cm³/mol. The van der Waals surface area contributed by atoms with Gasteiger partial charge in [-0.05, 0) is 0 Å². The summed E-state index contributed by atoms with van der Waals surface area (Å²) in [5, 5.41) is 0. The van der Waals surface area contributed by atoms with E-state index >= 15 is 0 Å². The van der Waals surface area contributed by atoms with Crippen molar-refractivity contribution >= 4 is 0 Å². The van der Waals surface area contributed by atoms with Crippen LogP contribution in [0.2, 0.25) is 0 Å². The molecule has 0 spiro atoms. The zero-order valence-corrected chi connectivity index (χ0v) is 8.96. The molecule has 0 aromatic heterocycles. The molecule has 0 aliphatic carbocycles. The number of nitrogens with two attached hydrogens (primary N) is 6. The average Bonchev–Trinajstić information content (AvgIpc) is 0. The molecule has 6 nitrogen and oxygen atoms in total. The zero-order chi connectivity index (χ0) is 0. The Hall–Kier alpha value is 1.25. The van der Waals surface area contributed by atoms with Crippen LogP contribution in [0.1, 0.15) is 0 Å². The minimum absolute atomic E-state index is 0. The summed E-state index contributed by atoms with van der Waals surface area (Å²) in [6.45, 7) is 0. The molecule has 0 bridgehead atoms. The molecule has 12 N–H and O–H groups in total. The molecule has 0 aromatic rings. The number of hydrogen-bond donors (Lipinski definition) is 0. The first-order valence-electron chi connectivity index (χ1n) is 0. The van der Waals surface area contributed by atoms with Crippen LogP contribution in [-0.4, -0.2) is 0 Å². The van der Waals surface area contributed by atoms with E-state index in [9.17, 15) is 0 Å². The van der Waals surface area contributed by atoms with Crippen LogP contribution in [0.5, 0.6) is 0 Å². The van der Waals surface area contributed by atoms with Gasteiger partial charge in [-0.15, -0.1) is 0 Å². The molecule has 0 saturated carbocycles. The van der Waals surface area contributed by atoms with Crippen LogP contribution in [0.15, 0.2) is 0 Å². The Morgan fingerprint density at radius 3 is 0.300 bits per heavy atom. The van der Waals surface area contributed by atoms with Crippen molar-refractivity contribution in [2.45, 2.75) is 0 Å². The topological polar surface area (TPSA) is 201 Å². The standard InChI is InChI=1S/3ClH.6H2N.Ru/h3*1H;6*1H2;/q;;;6*-1;+3/p-3. The smallest absolute Gasteiger partial charge is 1.00 e. The Morgan fingerprint density at radius 1 is 0.300 bits per heavy atom. The van der Waals surface area contributed by atoms with Crippen LogP contribution in [0.3, 0.4) is 0 Å². The number of halogens is 3. The third-order valence-electron chi connectivity index (χ3n) is 0. The van der Waals surface area contributed by atoms with E-state index in [1.807, 2.05) is 0 Å². The predicted octanol–water partition coefficient (Wildman–Crippen LogP) is -4.69. The molecular weight excluding hydrogens is 291 g/mol. The fraction of sp³-hybridized carbons (Fsp3) is 0. The molecule has 0 aliphatic heterocycles. The van der Waals surface area contributed by atoms with Crippen LogP contribution in [0.25, 0.3) is 36.9 Å². The Kier molecular flexibility index (Phi) is 42100. The first-order valence-corrected chi connectivity index (χ1v) is 0. The SMILES string of the molecule is [Cl-].[Cl-].[Cl-].[NH2-].[NH2-].[NH2-].[NH2-].[NH2-].[NH2-].[Ru+3]. The van der Waals surface area contributed by atoms with Gasteiger partial charge in [-0.25, -0.2) is 0 Å². The molecular formula is H12Cl3N6Ru-6. The van der Waals surface area contributed by atoms with Gasteiger partial charge in [0.2, 0.25) is 0 Å². The summed E-state index contributed by atoms with van der Waals surface area (Å²) in [6, 6.07) is 0. The summed E-state index contributed by atoms with van der Waals surface area (Å²) in [6.07, 6.45) is 0. The van der Waals surface area contributed by atoms with E-state index in [1.165, 1.54) is 0 Å². The third kappa shape index (κ3) is 401. The van der Waals surface area contributed by atoms with Crippen molar-refractivity contribution < 1.29 is 56.7 Å². The molecule has 0 amide bonds. The normalized spacial score (nSPS) is 0. The zero-order valence-electron chi connectivity index (χ0n) is 4.95. The van der Waals surface area contributed by atoms with Crippen molar-refractivity contribution in [3.05, 3.63) is 36.9 Å². The summed E-state index contributed by atoms with van der Waals surface area (Å²) in [5.41, 5.74) is 0. The molecule has 0 aliphatic rings. The van der Waals surface area contributed by atoms with Crippen molar-refractivity contribution in [1.29, 1.82) is 0 Å². The second kappa shape index (κ2) is 559. The minimum Gasteiger partial charge on any atom is -1.00 e. The van der Waals surface area contributed by atoms with Gasteiger partial charge in [-0.3, -0.25) is 0 Å². The molecule has 10 heteroatoms. The fourth-order valence-corrected chi connectivity index (χ4v) is 0. The molecule has 1 radical (unpaired) electrons. The van der Waals surface area contributed by atoms with E-state index in [0.717, 1.165) is 0 Å². The summed E-state index contributed by atoms with van der Waals surface area (Å²) in [5.74, 6) is 0. The summed E-state index contributed by atoms with van der Waals surface area (Å²) >= 11 is 0. The van der Waals surface area contributed by atoms with E-state index in [4.69, 9.17) is 0 Å². The largest absolute Gasteiger partial charge is 3.00 e.